The molecular weight excluding hydrogens is 560 g/mol. The lowest BCUT2D eigenvalue weighted by molar-refractivity contribution is -0.142. The number of likely N-dealkylation sites (tertiary alicyclic amines) is 1. The highest BCUT2D eigenvalue weighted by Gasteiger charge is 2.20. The Kier molecular flexibility index (Phi) is 12.5. The molecule has 1 aliphatic rings. The van der Waals surface area contributed by atoms with E-state index >= 15 is 0 Å². The molecule has 4 N–H and O–H groups in total. The van der Waals surface area contributed by atoms with Crippen LogP contribution in [0.4, 0.5) is 5.69 Å². The summed E-state index contributed by atoms with van der Waals surface area (Å²) in [6.07, 6.45) is 4.25. The zero-order valence-corrected chi connectivity index (χ0v) is 25.0. The van der Waals surface area contributed by atoms with Crippen molar-refractivity contribution in [3.63, 3.8) is 0 Å². The van der Waals surface area contributed by atoms with Gasteiger partial charge in [-0.2, -0.15) is 0 Å². The van der Waals surface area contributed by atoms with Crippen LogP contribution in [0.2, 0.25) is 0 Å². The quantitative estimate of drug-likeness (QED) is 0.239. The van der Waals surface area contributed by atoms with E-state index in [1.807, 2.05) is 11.0 Å². The molecule has 10 nitrogen and oxygen atoms in total. The van der Waals surface area contributed by atoms with Gasteiger partial charge in [-0.15, -0.1) is 0 Å². The summed E-state index contributed by atoms with van der Waals surface area (Å²) in [5, 5.41) is 4.72. The maximum absolute atomic E-state index is 12.0. The number of carbonyl (C=O) groups excluding carboxylic acids is 6. The van der Waals surface area contributed by atoms with E-state index in [9.17, 15) is 28.8 Å². The number of amides is 4. The van der Waals surface area contributed by atoms with Gasteiger partial charge in [0.1, 0.15) is 6.04 Å². The topological polar surface area (TPSA) is 156 Å². The summed E-state index contributed by atoms with van der Waals surface area (Å²) in [5.41, 5.74) is 9.89. The van der Waals surface area contributed by atoms with Crippen LogP contribution in [0.5, 0.6) is 0 Å². The maximum Gasteiger partial charge on any atom is 0.299 e. The highest BCUT2D eigenvalue weighted by atomic mass is 16.2. The molecule has 1 saturated heterocycles. The summed E-state index contributed by atoms with van der Waals surface area (Å²) in [5.74, 6) is -3.73. The van der Waals surface area contributed by atoms with Crippen LogP contribution in [-0.2, 0) is 41.7 Å². The van der Waals surface area contributed by atoms with Crippen molar-refractivity contribution in [1.82, 2.24) is 10.2 Å². The average Bonchev–Trinajstić information content (AvgIpc) is 3.21. The largest absolute Gasteiger partial charge is 0.368 e. The zero-order chi connectivity index (χ0) is 32.1. The van der Waals surface area contributed by atoms with E-state index in [4.69, 9.17) is 5.73 Å². The molecule has 4 rings (SSSR count). The Morgan fingerprint density at radius 3 is 2.00 bits per heavy atom. The maximum atomic E-state index is 12.0. The van der Waals surface area contributed by atoms with Crippen molar-refractivity contribution in [3.8, 4) is 11.1 Å². The first-order valence-corrected chi connectivity index (χ1v) is 14.5. The lowest BCUT2D eigenvalue weighted by atomic mass is 10.0. The number of ketones is 2. The summed E-state index contributed by atoms with van der Waals surface area (Å²) in [7, 11) is 0. The fourth-order valence-electron chi connectivity index (χ4n) is 4.64. The van der Waals surface area contributed by atoms with Gasteiger partial charge < -0.3 is 21.3 Å². The number of nitrogens with zero attached hydrogens (tertiary/aromatic N) is 1. The van der Waals surface area contributed by atoms with E-state index in [0.717, 1.165) is 32.9 Å². The Hall–Kier alpha value is -5.12. The van der Waals surface area contributed by atoms with Gasteiger partial charge in [0.25, 0.3) is 11.7 Å². The first-order chi connectivity index (χ1) is 21.0. The van der Waals surface area contributed by atoms with Crippen LogP contribution < -0.4 is 16.4 Å². The molecule has 0 spiro atoms. The molecule has 44 heavy (non-hydrogen) atoms. The van der Waals surface area contributed by atoms with Gasteiger partial charge in [0.2, 0.25) is 23.5 Å². The predicted molar refractivity (Wildman–Crippen MR) is 167 cm³/mol. The van der Waals surface area contributed by atoms with Gasteiger partial charge >= 0.3 is 0 Å². The molecule has 0 radical (unpaired) electrons. The van der Waals surface area contributed by atoms with Crippen molar-refractivity contribution >= 4 is 40.9 Å². The van der Waals surface area contributed by atoms with Crippen LogP contribution in [0.15, 0.2) is 78.9 Å². The molecule has 10 heteroatoms. The smallest absolute Gasteiger partial charge is 0.299 e. The van der Waals surface area contributed by atoms with E-state index in [2.05, 4.69) is 59.2 Å². The van der Waals surface area contributed by atoms with Crippen molar-refractivity contribution in [1.29, 1.82) is 0 Å². The van der Waals surface area contributed by atoms with E-state index in [1.165, 1.54) is 42.2 Å². The number of nitrogens with two attached hydrogens (primary N) is 1. The molecule has 4 amide bonds. The number of hydrogen-bond donors (Lipinski definition) is 3. The van der Waals surface area contributed by atoms with E-state index in [0.29, 0.717) is 23.6 Å². The monoisotopic (exact) mass is 598 g/mol. The highest BCUT2D eigenvalue weighted by Crippen LogP contribution is 2.21. The molecule has 3 aromatic carbocycles. The molecule has 0 saturated carbocycles. The van der Waals surface area contributed by atoms with Gasteiger partial charge in [-0.1, -0.05) is 73.2 Å². The normalized spacial score (nSPS) is 13.4. The number of primary amides is 1. The molecule has 1 fully saturated rings. The first kappa shape index (κ1) is 33.4. The number of benzene rings is 3. The summed E-state index contributed by atoms with van der Waals surface area (Å²) in [6.45, 7) is 3.94. The Balaban J connectivity index is 0.000000241. The lowest BCUT2D eigenvalue weighted by Crippen LogP contribution is -2.44. The molecule has 0 unspecified atom stereocenters. The van der Waals surface area contributed by atoms with Crippen molar-refractivity contribution in [3.05, 3.63) is 90.0 Å². The van der Waals surface area contributed by atoms with Gasteiger partial charge in [0, 0.05) is 45.5 Å². The zero-order valence-electron chi connectivity index (χ0n) is 25.0. The first-order valence-electron chi connectivity index (χ1n) is 14.5. The molecular formula is C34H38N4O6. The number of anilines is 1. The second kappa shape index (κ2) is 16.5. The van der Waals surface area contributed by atoms with Crippen LogP contribution in [0.1, 0.15) is 50.7 Å². The second-order valence-electron chi connectivity index (χ2n) is 10.6. The predicted octanol–water partition coefficient (Wildman–Crippen LogP) is 3.57. The van der Waals surface area contributed by atoms with E-state index < -0.39 is 29.4 Å². The van der Waals surface area contributed by atoms with Crippen LogP contribution in [0.3, 0.4) is 0 Å². The molecule has 1 aliphatic heterocycles. The highest BCUT2D eigenvalue weighted by molar-refractivity contribution is 6.65. The van der Waals surface area contributed by atoms with Gasteiger partial charge in [-0.25, -0.2) is 0 Å². The van der Waals surface area contributed by atoms with Crippen molar-refractivity contribution in [2.75, 3.05) is 11.9 Å². The molecule has 1 heterocycles. The van der Waals surface area contributed by atoms with Crippen LogP contribution in [0, 0.1) is 0 Å². The average molecular weight is 599 g/mol. The fourth-order valence-corrected chi connectivity index (χ4v) is 4.64. The van der Waals surface area contributed by atoms with Gasteiger partial charge in [-0.05, 0) is 47.2 Å². The number of Topliss-reactive ketones (excluding diaryl/α,β-unsaturated/α-hetero) is 2. The fraction of sp³-hybridized carbons (Fsp3) is 0.294. The molecule has 3 aromatic rings. The number of nitrogens with one attached hydrogen (secondary N) is 2. The third kappa shape index (κ3) is 10.6. The standard InChI is InChI=1S/C19H21NO.C15H17N3O5/c21-19-9-5-2-6-14-20(19)15-16-10-12-18(13-11-16)17-7-3-1-4-8-17;1-8(19)13(21)15(23)18-11-5-3-10(4-6-11)7-12(14(16)22)17-9(2)20/h1,3-4,7-8,10-13H,2,5-6,9,14-15H2;3-6,12H,7H2,1-2H3,(H2,16,22)(H,17,20)(H,18,23)/t;12-/m.0/s1. The van der Waals surface area contributed by atoms with Crippen LogP contribution in [0.25, 0.3) is 11.1 Å². The molecule has 0 aliphatic carbocycles. The van der Waals surface area contributed by atoms with Gasteiger partial charge in [0.05, 0.1) is 0 Å². The summed E-state index contributed by atoms with van der Waals surface area (Å²) >= 11 is 0. The van der Waals surface area contributed by atoms with Crippen molar-refractivity contribution in [2.45, 2.75) is 58.5 Å². The molecule has 230 valence electrons. The van der Waals surface area contributed by atoms with Gasteiger partial charge in [0.15, 0.2) is 0 Å². The second-order valence-corrected chi connectivity index (χ2v) is 10.6. The number of hydrogen-bond acceptors (Lipinski definition) is 6. The number of carbonyl (C=O) groups is 6. The van der Waals surface area contributed by atoms with E-state index in [-0.39, 0.29) is 12.3 Å². The minimum atomic E-state index is -1.13. The Morgan fingerprint density at radius 2 is 1.41 bits per heavy atom. The van der Waals surface area contributed by atoms with Gasteiger partial charge in [-0.3, -0.25) is 28.8 Å². The molecule has 0 aromatic heterocycles. The third-order valence-corrected chi connectivity index (χ3v) is 7.00. The third-order valence-electron chi connectivity index (χ3n) is 7.00. The van der Waals surface area contributed by atoms with Crippen molar-refractivity contribution in [2.24, 2.45) is 5.73 Å². The van der Waals surface area contributed by atoms with Crippen LogP contribution >= 0.6 is 0 Å². The minimum Gasteiger partial charge on any atom is -0.368 e. The Bertz CT molecular complexity index is 1470. The minimum absolute atomic E-state index is 0.190. The Labute approximate surface area is 257 Å². The van der Waals surface area contributed by atoms with E-state index in [1.54, 1.807) is 12.1 Å². The van der Waals surface area contributed by atoms with Crippen LogP contribution in [-0.4, -0.2) is 52.7 Å². The van der Waals surface area contributed by atoms with Crippen molar-refractivity contribution < 1.29 is 28.8 Å². The lowest BCUT2D eigenvalue weighted by Gasteiger charge is -2.20. The SMILES string of the molecule is CC(=O)N[C@@H](Cc1ccc(NC(=O)C(=O)C(C)=O)cc1)C(N)=O.O=C1CCCCCN1Cc1ccc(-c2ccccc2)cc1. The Morgan fingerprint density at radius 1 is 0.795 bits per heavy atom. The summed E-state index contributed by atoms with van der Waals surface area (Å²) < 4.78 is 0. The summed E-state index contributed by atoms with van der Waals surface area (Å²) in [6, 6.07) is 24.3. The summed E-state index contributed by atoms with van der Waals surface area (Å²) in [4.78, 5) is 69.8. The number of rotatable bonds is 10. The molecule has 0 bridgehead atoms. The molecule has 1 atom stereocenters.